The molecule has 0 fully saturated rings. The largest absolute Gasteiger partial charge is 0.495 e. The van der Waals surface area contributed by atoms with Crippen LogP contribution in [-0.2, 0) is 6.54 Å². The van der Waals surface area contributed by atoms with Crippen molar-refractivity contribution in [2.75, 3.05) is 17.7 Å². The van der Waals surface area contributed by atoms with Gasteiger partial charge in [0.1, 0.15) is 5.75 Å². The molecule has 6 nitrogen and oxygen atoms in total. The van der Waals surface area contributed by atoms with E-state index in [0.717, 1.165) is 11.1 Å². The van der Waals surface area contributed by atoms with E-state index in [1.807, 2.05) is 49.4 Å². The Bertz CT molecular complexity index is 928. The van der Waals surface area contributed by atoms with E-state index in [0.29, 0.717) is 34.5 Å². The summed E-state index contributed by atoms with van der Waals surface area (Å²) in [5.74, 6) is 0.730. The summed E-state index contributed by atoms with van der Waals surface area (Å²) in [5.41, 5.74) is 3.03. The first-order chi connectivity index (χ1) is 13.0. The first-order valence-corrected chi connectivity index (χ1v) is 8.69. The first-order valence-electron chi connectivity index (χ1n) is 8.31. The van der Waals surface area contributed by atoms with Gasteiger partial charge in [-0.2, -0.15) is 0 Å². The van der Waals surface area contributed by atoms with Gasteiger partial charge in [-0.25, -0.2) is 9.97 Å². The third kappa shape index (κ3) is 4.95. The zero-order valence-corrected chi connectivity index (χ0v) is 15.7. The van der Waals surface area contributed by atoms with Crippen LogP contribution in [-0.4, -0.2) is 23.0 Å². The number of rotatable bonds is 6. The lowest BCUT2D eigenvalue weighted by atomic mass is 10.2. The van der Waals surface area contributed by atoms with Crippen LogP contribution in [0.3, 0.4) is 0 Å². The molecule has 3 rings (SSSR count). The number of benzene rings is 2. The fourth-order valence-corrected chi connectivity index (χ4v) is 2.56. The lowest BCUT2D eigenvalue weighted by Gasteiger charge is -2.11. The summed E-state index contributed by atoms with van der Waals surface area (Å²) in [4.78, 5) is 20.8. The Kier molecular flexibility index (Phi) is 5.88. The summed E-state index contributed by atoms with van der Waals surface area (Å²) in [6.07, 6.45) is 2.96. The normalized spacial score (nSPS) is 10.3. The van der Waals surface area contributed by atoms with Crippen LogP contribution in [0.15, 0.2) is 54.9 Å². The van der Waals surface area contributed by atoms with E-state index in [2.05, 4.69) is 20.6 Å². The molecule has 0 saturated heterocycles. The quantitative estimate of drug-likeness (QED) is 0.664. The number of carbonyl (C=O) groups is 1. The van der Waals surface area contributed by atoms with Crippen LogP contribution < -0.4 is 15.4 Å². The van der Waals surface area contributed by atoms with Crippen molar-refractivity contribution >= 4 is 29.1 Å². The Morgan fingerprint density at radius 1 is 1.11 bits per heavy atom. The highest BCUT2D eigenvalue weighted by Crippen LogP contribution is 2.25. The second-order valence-electron chi connectivity index (χ2n) is 5.93. The highest BCUT2D eigenvalue weighted by molar-refractivity contribution is 6.30. The van der Waals surface area contributed by atoms with Crippen LogP contribution in [0, 0.1) is 6.92 Å². The number of hydrogen-bond donors (Lipinski definition) is 2. The van der Waals surface area contributed by atoms with E-state index in [9.17, 15) is 4.79 Å². The second kappa shape index (κ2) is 8.51. The molecule has 1 aromatic heterocycles. The Morgan fingerprint density at radius 3 is 2.48 bits per heavy atom. The molecule has 1 heterocycles. The smallest absolute Gasteiger partial charge is 0.258 e. The highest BCUT2D eigenvalue weighted by Gasteiger charge is 2.11. The van der Waals surface area contributed by atoms with Crippen LogP contribution in [0.1, 0.15) is 21.5 Å². The molecule has 0 bridgehead atoms. The highest BCUT2D eigenvalue weighted by atomic mass is 35.5. The third-order valence-corrected chi connectivity index (χ3v) is 4.13. The number of aryl methyl sites for hydroxylation is 1. The maximum Gasteiger partial charge on any atom is 0.258 e. The van der Waals surface area contributed by atoms with Crippen molar-refractivity contribution in [2.45, 2.75) is 13.5 Å². The monoisotopic (exact) mass is 382 g/mol. The predicted molar refractivity (Wildman–Crippen MR) is 106 cm³/mol. The predicted octanol–water partition coefficient (Wildman–Crippen LogP) is 4.31. The molecule has 0 atom stereocenters. The van der Waals surface area contributed by atoms with Gasteiger partial charge in [-0.15, -0.1) is 0 Å². The van der Waals surface area contributed by atoms with Gasteiger partial charge in [0.2, 0.25) is 5.95 Å². The molecule has 0 aliphatic heterocycles. The molecule has 3 aromatic rings. The molecule has 1 amide bonds. The van der Waals surface area contributed by atoms with E-state index in [1.54, 1.807) is 7.11 Å². The van der Waals surface area contributed by atoms with Crippen LogP contribution in [0.2, 0.25) is 5.02 Å². The molecule has 138 valence electrons. The molecule has 0 aliphatic carbocycles. The summed E-state index contributed by atoms with van der Waals surface area (Å²) < 4.78 is 5.27. The lowest BCUT2D eigenvalue weighted by molar-refractivity contribution is 0.102. The fourth-order valence-electron chi connectivity index (χ4n) is 2.43. The van der Waals surface area contributed by atoms with Crippen molar-refractivity contribution in [1.29, 1.82) is 0 Å². The van der Waals surface area contributed by atoms with Gasteiger partial charge in [0, 0.05) is 24.0 Å². The van der Waals surface area contributed by atoms with Crippen molar-refractivity contribution in [3.05, 3.63) is 76.6 Å². The van der Waals surface area contributed by atoms with Gasteiger partial charge < -0.3 is 15.4 Å². The number of anilines is 2. The van der Waals surface area contributed by atoms with Gasteiger partial charge in [0.25, 0.3) is 5.91 Å². The number of halogens is 1. The Hall–Kier alpha value is -3.12. The molecule has 0 aliphatic rings. The SMILES string of the molecule is COc1ccc(C)cc1NC(=O)c1cnc(NCc2ccc(Cl)cc2)nc1. The molecule has 0 saturated carbocycles. The Morgan fingerprint density at radius 2 is 1.81 bits per heavy atom. The van der Waals surface area contributed by atoms with Gasteiger partial charge >= 0.3 is 0 Å². The lowest BCUT2D eigenvalue weighted by Crippen LogP contribution is -2.14. The van der Waals surface area contributed by atoms with E-state index < -0.39 is 0 Å². The van der Waals surface area contributed by atoms with Gasteiger partial charge in [-0.05, 0) is 42.3 Å². The maximum atomic E-state index is 12.4. The number of aromatic nitrogens is 2. The van der Waals surface area contributed by atoms with Gasteiger partial charge in [0.05, 0.1) is 18.4 Å². The van der Waals surface area contributed by atoms with Crippen LogP contribution in [0.4, 0.5) is 11.6 Å². The number of amides is 1. The molecular formula is C20H19ClN4O2. The zero-order chi connectivity index (χ0) is 19.2. The Balaban J connectivity index is 1.63. The minimum absolute atomic E-state index is 0.303. The summed E-state index contributed by atoms with van der Waals surface area (Å²) in [5, 5.41) is 6.62. The third-order valence-electron chi connectivity index (χ3n) is 3.88. The van der Waals surface area contributed by atoms with E-state index in [1.165, 1.54) is 12.4 Å². The fraction of sp³-hybridized carbons (Fsp3) is 0.150. The van der Waals surface area contributed by atoms with Crippen molar-refractivity contribution in [1.82, 2.24) is 9.97 Å². The topological polar surface area (TPSA) is 76.1 Å². The molecular weight excluding hydrogens is 364 g/mol. The molecule has 0 radical (unpaired) electrons. The van der Waals surface area contributed by atoms with Crippen LogP contribution in [0.25, 0.3) is 0 Å². The number of ether oxygens (including phenoxy) is 1. The maximum absolute atomic E-state index is 12.4. The van der Waals surface area contributed by atoms with Gasteiger partial charge in [-0.3, -0.25) is 4.79 Å². The summed E-state index contributed by atoms with van der Waals surface area (Å²) in [6.45, 7) is 2.50. The second-order valence-corrected chi connectivity index (χ2v) is 6.37. The van der Waals surface area contributed by atoms with Crippen LogP contribution in [0.5, 0.6) is 5.75 Å². The molecule has 0 spiro atoms. The minimum Gasteiger partial charge on any atom is -0.495 e. The molecule has 2 aromatic carbocycles. The van der Waals surface area contributed by atoms with Crippen molar-refractivity contribution in [3.63, 3.8) is 0 Å². The summed E-state index contributed by atoms with van der Waals surface area (Å²) >= 11 is 5.87. The summed E-state index contributed by atoms with van der Waals surface area (Å²) in [7, 11) is 1.56. The average molecular weight is 383 g/mol. The Labute approximate surface area is 162 Å². The van der Waals surface area contributed by atoms with Gasteiger partial charge in [0.15, 0.2) is 0 Å². The van der Waals surface area contributed by atoms with Crippen molar-refractivity contribution in [3.8, 4) is 5.75 Å². The first kappa shape index (κ1) is 18.7. The molecule has 2 N–H and O–H groups in total. The molecule has 0 unspecified atom stereocenters. The standard InChI is InChI=1S/C20H19ClN4O2/c1-13-3-8-18(27-2)17(9-13)25-19(26)15-11-23-20(24-12-15)22-10-14-4-6-16(21)7-5-14/h3-9,11-12H,10H2,1-2H3,(H,25,26)(H,22,23,24). The van der Waals surface area contributed by atoms with E-state index in [-0.39, 0.29) is 5.91 Å². The number of nitrogens with one attached hydrogen (secondary N) is 2. The van der Waals surface area contributed by atoms with Gasteiger partial charge in [-0.1, -0.05) is 29.8 Å². The van der Waals surface area contributed by atoms with E-state index in [4.69, 9.17) is 16.3 Å². The average Bonchev–Trinajstić information content (AvgIpc) is 2.68. The number of hydrogen-bond acceptors (Lipinski definition) is 5. The zero-order valence-electron chi connectivity index (χ0n) is 15.0. The number of nitrogens with zero attached hydrogens (tertiary/aromatic N) is 2. The van der Waals surface area contributed by atoms with Crippen LogP contribution >= 0.6 is 11.6 Å². The summed E-state index contributed by atoms with van der Waals surface area (Å²) in [6, 6.07) is 13.1. The molecule has 7 heteroatoms. The van der Waals surface area contributed by atoms with Crippen molar-refractivity contribution in [2.24, 2.45) is 0 Å². The van der Waals surface area contributed by atoms with Crippen molar-refractivity contribution < 1.29 is 9.53 Å². The number of methoxy groups -OCH3 is 1. The van der Waals surface area contributed by atoms with E-state index >= 15 is 0 Å². The molecule has 27 heavy (non-hydrogen) atoms. The number of carbonyl (C=O) groups excluding carboxylic acids is 1. The minimum atomic E-state index is -0.303.